The Labute approximate surface area is 135 Å². The smallest absolute Gasteiger partial charge is 0.254 e. The molecule has 1 N–H and O–H groups in total. The molecule has 0 aliphatic carbocycles. The predicted molar refractivity (Wildman–Crippen MR) is 88.3 cm³/mol. The van der Waals surface area contributed by atoms with E-state index in [0.29, 0.717) is 12.1 Å². The third kappa shape index (κ3) is 2.70. The molecule has 2 atom stereocenters. The van der Waals surface area contributed by atoms with Gasteiger partial charge in [-0.1, -0.05) is 6.07 Å². The summed E-state index contributed by atoms with van der Waals surface area (Å²) in [5.74, 6) is 0.721. The molecule has 2 aliphatic heterocycles. The van der Waals surface area contributed by atoms with Gasteiger partial charge in [0.25, 0.3) is 5.56 Å². The van der Waals surface area contributed by atoms with Crippen LogP contribution in [-0.2, 0) is 19.4 Å². The van der Waals surface area contributed by atoms with Gasteiger partial charge in [-0.05, 0) is 44.7 Å². The second kappa shape index (κ2) is 5.57. The molecule has 2 bridgehead atoms. The van der Waals surface area contributed by atoms with Crippen LogP contribution in [0, 0.1) is 13.8 Å². The van der Waals surface area contributed by atoms with Crippen LogP contribution in [0.2, 0.25) is 0 Å². The van der Waals surface area contributed by atoms with Crippen molar-refractivity contribution in [3.8, 4) is 0 Å². The van der Waals surface area contributed by atoms with Gasteiger partial charge in [-0.2, -0.15) is 0 Å². The van der Waals surface area contributed by atoms with E-state index in [4.69, 9.17) is 0 Å². The first-order valence-electron chi connectivity index (χ1n) is 8.36. The zero-order valence-corrected chi connectivity index (χ0v) is 13.7. The summed E-state index contributed by atoms with van der Waals surface area (Å²) in [5, 5.41) is 0. The summed E-state index contributed by atoms with van der Waals surface area (Å²) in [4.78, 5) is 26.8. The number of pyridine rings is 1. The molecule has 2 aromatic heterocycles. The first kappa shape index (κ1) is 14.6. The van der Waals surface area contributed by atoms with Crippen molar-refractivity contribution in [3.63, 3.8) is 0 Å². The topological polar surface area (TPSA) is 61.9 Å². The molecule has 2 aromatic rings. The predicted octanol–water partition coefficient (Wildman–Crippen LogP) is 1.91. The Bertz CT molecular complexity index is 781. The molecule has 0 aromatic carbocycles. The minimum Gasteiger partial charge on any atom is -0.311 e. The third-order valence-electron chi connectivity index (χ3n) is 5.18. The van der Waals surface area contributed by atoms with Crippen molar-refractivity contribution in [2.75, 3.05) is 0 Å². The molecule has 1 saturated heterocycles. The lowest BCUT2D eigenvalue weighted by Crippen LogP contribution is -2.36. The number of hydrogen-bond donors (Lipinski definition) is 1. The van der Waals surface area contributed by atoms with Gasteiger partial charge in [0.1, 0.15) is 5.82 Å². The van der Waals surface area contributed by atoms with Crippen LogP contribution in [0.5, 0.6) is 0 Å². The molecule has 0 radical (unpaired) electrons. The molecule has 4 rings (SSSR count). The molecule has 120 valence electrons. The van der Waals surface area contributed by atoms with E-state index in [1.54, 1.807) is 0 Å². The lowest BCUT2D eigenvalue weighted by Gasteiger charge is -2.27. The zero-order valence-electron chi connectivity index (χ0n) is 13.7. The number of hydrogen-bond acceptors (Lipinski definition) is 4. The summed E-state index contributed by atoms with van der Waals surface area (Å²) in [6, 6.07) is 5.13. The zero-order chi connectivity index (χ0) is 16.0. The number of nitrogens with zero attached hydrogens (tertiary/aromatic N) is 3. The molecule has 1 fully saturated rings. The molecule has 23 heavy (non-hydrogen) atoms. The van der Waals surface area contributed by atoms with Crippen LogP contribution < -0.4 is 5.56 Å². The van der Waals surface area contributed by atoms with Gasteiger partial charge >= 0.3 is 0 Å². The van der Waals surface area contributed by atoms with Gasteiger partial charge in [-0.15, -0.1) is 0 Å². The average molecular weight is 310 g/mol. The maximum Gasteiger partial charge on any atom is 0.254 e. The van der Waals surface area contributed by atoms with E-state index in [2.05, 4.69) is 38.9 Å². The molecular formula is C18H22N4O. The van der Waals surface area contributed by atoms with Gasteiger partial charge in [-0.3, -0.25) is 14.7 Å². The van der Waals surface area contributed by atoms with Crippen LogP contribution in [0.1, 0.15) is 41.2 Å². The average Bonchev–Trinajstić information content (AvgIpc) is 2.78. The minimum absolute atomic E-state index is 0.0495. The van der Waals surface area contributed by atoms with Gasteiger partial charge < -0.3 is 4.98 Å². The molecule has 0 saturated carbocycles. The van der Waals surface area contributed by atoms with Gasteiger partial charge in [0, 0.05) is 36.8 Å². The number of aromatic nitrogens is 3. The summed E-state index contributed by atoms with van der Waals surface area (Å²) in [6.07, 6.45) is 5.95. The van der Waals surface area contributed by atoms with Crippen molar-refractivity contribution >= 4 is 0 Å². The maximum atomic E-state index is 12.3. The van der Waals surface area contributed by atoms with E-state index in [1.807, 2.05) is 13.1 Å². The minimum atomic E-state index is 0.0495. The summed E-state index contributed by atoms with van der Waals surface area (Å²) in [7, 11) is 0. The highest BCUT2D eigenvalue weighted by atomic mass is 16.1. The van der Waals surface area contributed by atoms with Crippen molar-refractivity contribution in [2.24, 2.45) is 0 Å². The standard InChI is InChI=1S/C18H22N4O/c1-11-3-4-13(19-9-11)10-22-14-5-6-15(22)8-17-16(7-14)18(23)21-12(2)20-17/h3-4,9,14-15H,5-8,10H2,1-2H3,(H,20,21,23)/t14-,15+/m1/s1. The summed E-state index contributed by atoms with van der Waals surface area (Å²) < 4.78 is 0. The Hall–Kier alpha value is -2.01. The number of fused-ring (bicyclic) bond motifs is 3. The van der Waals surface area contributed by atoms with Crippen molar-refractivity contribution in [1.29, 1.82) is 0 Å². The number of nitrogens with one attached hydrogen (secondary N) is 1. The Kier molecular flexibility index (Phi) is 3.53. The Morgan fingerprint density at radius 1 is 1.22 bits per heavy atom. The molecule has 4 heterocycles. The van der Waals surface area contributed by atoms with Crippen LogP contribution in [-0.4, -0.2) is 31.9 Å². The second-order valence-electron chi connectivity index (χ2n) is 6.87. The summed E-state index contributed by atoms with van der Waals surface area (Å²) in [5.41, 5.74) is 4.24. The van der Waals surface area contributed by atoms with E-state index in [9.17, 15) is 4.79 Å². The lowest BCUT2D eigenvalue weighted by atomic mass is 9.98. The van der Waals surface area contributed by atoms with Crippen LogP contribution in [0.4, 0.5) is 0 Å². The molecule has 5 heteroatoms. The quantitative estimate of drug-likeness (QED) is 0.920. The first-order chi connectivity index (χ1) is 11.1. The fraction of sp³-hybridized carbons (Fsp3) is 0.500. The molecule has 0 unspecified atom stereocenters. The highest BCUT2D eigenvalue weighted by molar-refractivity contribution is 5.24. The van der Waals surface area contributed by atoms with Crippen molar-refractivity contribution < 1.29 is 0 Å². The fourth-order valence-electron chi connectivity index (χ4n) is 4.00. The second-order valence-corrected chi connectivity index (χ2v) is 6.87. The third-order valence-corrected chi connectivity index (χ3v) is 5.18. The monoisotopic (exact) mass is 310 g/mol. The Morgan fingerprint density at radius 3 is 2.74 bits per heavy atom. The normalized spacial score (nSPS) is 23.6. The highest BCUT2D eigenvalue weighted by Gasteiger charge is 2.38. The molecule has 2 aliphatic rings. The molecule has 5 nitrogen and oxygen atoms in total. The van der Waals surface area contributed by atoms with Crippen molar-refractivity contribution in [2.45, 2.75) is 58.2 Å². The SMILES string of the molecule is Cc1ccc(CN2[C@@H]3CC[C@H]2Cc2nc(C)[nH]c(=O)c2C3)nc1. The van der Waals surface area contributed by atoms with Crippen molar-refractivity contribution in [1.82, 2.24) is 19.9 Å². The van der Waals surface area contributed by atoms with E-state index in [1.165, 1.54) is 12.0 Å². The number of H-pyrrole nitrogens is 1. The Morgan fingerprint density at radius 2 is 2.00 bits per heavy atom. The number of aromatic amines is 1. The lowest BCUT2D eigenvalue weighted by molar-refractivity contribution is 0.185. The number of aryl methyl sites for hydroxylation is 2. The first-order valence-corrected chi connectivity index (χ1v) is 8.36. The van der Waals surface area contributed by atoms with Gasteiger partial charge in [0.2, 0.25) is 0 Å². The van der Waals surface area contributed by atoms with Crippen LogP contribution in [0.25, 0.3) is 0 Å². The van der Waals surface area contributed by atoms with E-state index in [-0.39, 0.29) is 5.56 Å². The fourth-order valence-corrected chi connectivity index (χ4v) is 4.00. The van der Waals surface area contributed by atoms with Gasteiger partial charge in [0.15, 0.2) is 0 Å². The van der Waals surface area contributed by atoms with Crippen molar-refractivity contribution in [3.05, 3.63) is 57.0 Å². The maximum absolute atomic E-state index is 12.3. The van der Waals surface area contributed by atoms with Crippen LogP contribution >= 0.6 is 0 Å². The van der Waals surface area contributed by atoms with E-state index >= 15 is 0 Å². The molecule has 0 spiro atoms. The van der Waals surface area contributed by atoms with Crippen LogP contribution in [0.15, 0.2) is 23.1 Å². The summed E-state index contributed by atoms with van der Waals surface area (Å²) in [6.45, 7) is 4.78. The summed E-state index contributed by atoms with van der Waals surface area (Å²) >= 11 is 0. The Balaban J connectivity index is 1.64. The van der Waals surface area contributed by atoms with Gasteiger partial charge in [-0.25, -0.2) is 4.98 Å². The van der Waals surface area contributed by atoms with E-state index in [0.717, 1.165) is 48.6 Å². The molecule has 0 amide bonds. The highest BCUT2D eigenvalue weighted by Crippen LogP contribution is 2.33. The van der Waals surface area contributed by atoms with E-state index < -0.39 is 0 Å². The molecular weight excluding hydrogens is 288 g/mol. The largest absolute Gasteiger partial charge is 0.311 e. The van der Waals surface area contributed by atoms with Gasteiger partial charge in [0.05, 0.1) is 11.4 Å². The number of rotatable bonds is 2. The van der Waals surface area contributed by atoms with Crippen LogP contribution in [0.3, 0.4) is 0 Å².